The predicted octanol–water partition coefficient (Wildman–Crippen LogP) is 2.43. The van der Waals surface area contributed by atoms with Crippen LogP contribution in [0.15, 0.2) is 43.0 Å². The predicted molar refractivity (Wildman–Crippen MR) is 97.5 cm³/mol. The molecule has 0 radical (unpaired) electrons. The summed E-state index contributed by atoms with van der Waals surface area (Å²) < 4.78 is 17.1. The van der Waals surface area contributed by atoms with Crippen molar-refractivity contribution < 1.29 is 23.9 Å². The largest absolute Gasteiger partial charge is 0.493 e. The van der Waals surface area contributed by atoms with E-state index in [1.54, 1.807) is 0 Å². The van der Waals surface area contributed by atoms with Crippen LogP contribution in [0.5, 0.6) is 17.2 Å². The van der Waals surface area contributed by atoms with Gasteiger partial charge < -0.3 is 14.2 Å². The molecule has 2 aromatic carbocycles. The van der Waals surface area contributed by atoms with Crippen molar-refractivity contribution >= 4 is 11.5 Å². The number of hydrogen-bond acceptors (Lipinski definition) is 8. The van der Waals surface area contributed by atoms with Crippen LogP contribution in [0, 0.1) is 10.1 Å². The third kappa shape index (κ3) is 3.34. The van der Waals surface area contributed by atoms with Gasteiger partial charge in [-0.15, -0.1) is 0 Å². The molecule has 0 spiro atoms. The van der Waals surface area contributed by atoms with Crippen LogP contribution in [0.2, 0.25) is 0 Å². The Morgan fingerprint density at radius 2 is 1.75 bits per heavy atom. The molecule has 0 aliphatic carbocycles. The molecule has 0 bridgehead atoms. The lowest BCUT2D eigenvalue weighted by atomic mass is 10.00. The molecule has 10 heteroatoms. The van der Waals surface area contributed by atoms with Gasteiger partial charge in [0.25, 0.3) is 5.69 Å². The van der Waals surface area contributed by atoms with Crippen molar-refractivity contribution in [3.05, 3.63) is 64.2 Å². The Hall–Kier alpha value is -3.95. The fourth-order valence-corrected chi connectivity index (χ4v) is 2.72. The molecule has 0 aliphatic rings. The molecule has 0 unspecified atom stereocenters. The summed E-state index contributed by atoms with van der Waals surface area (Å²) >= 11 is 0. The molecule has 1 aromatic heterocycles. The summed E-state index contributed by atoms with van der Waals surface area (Å²) in [7, 11) is 4.27. The van der Waals surface area contributed by atoms with E-state index in [9.17, 15) is 14.9 Å². The van der Waals surface area contributed by atoms with Gasteiger partial charge in [0.2, 0.25) is 5.75 Å². The molecule has 0 saturated heterocycles. The van der Waals surface area contributed by atoms with Crippen LogP contribution in [-0.4, -0.2) is 46.8 Å². The first-order valence-electron chi connectivity index (χ1n) is 7.98. The van der Waals surface area contributed by atoms with E-state index in [4.69, 9.17) is 14.2 Å². The summed E-state index contributed by atoms with van der Waals surface area (Å²) in [6.07, 6.45) is 2.75. The van der Waals surface area contributed by atoms with E-state index in [1.165, 1.54) is 69.0 Å². The van der Waals surface area contributed by atoms with Crippen molar-refractivity contribution in [2.45, 2.75) is 0 Å². The van der Waals surface area contributed by atoms with E-state index in [0.717, 1.165) is 0 Å². The summed E-state index contributed by atoms with van der Waals surface area (Å²) in [5.74, 6) is 0.265. The number of hydrogen-bond donors (Lipinski definition) is 0. The second kappa shape index (κ2) is 7.74. The van der Waals surface area contributed by atoms with Gasteiger partial charge in [0.05, 0.1) is 31.9 Å². The first-order chi connectivity index (χ1) is 13.5. The van der Waals surface area contributed by atoms with Gasteiger partial charge in [-0.2, -0.15) is 5.10 Å². The number of nitro benzene ring substituents is 1. The van der Waals surface area contributed by atoms with Crippen molar-refractivity contribution in [1.82, 2.24) is 14.8 Å². The van der Waals surface area contributed by atoms with E-state index in [0.29, 0.717) is 11.4 Å². The second-order valence-corrected chi connectivity index (χ2v) is 5.54. The number of aromatic nitrogens is 3. The summed E-state index contributed by atoms with van der Waals surface area (Å²) in [5.41, 5.74) is 0.169. The molecule has 0 aliphatic heterocycles. The number of rotatable bonds is 7. The Morgan fingerprint density at radius 3 is 2.25 bits per heavy atom. The molecular formula is C18H16N4O6. The van der Waals surface area contributed by atoms with Crippen molar-refractivity contribution in [2.75, 3.05) is 21.3 Å². The maximum atomic E-state index is 13.1. The molecule has 0 fully saturated rings. The van der Waals surface area contributed by atoms with Crippen LogP contribution in [0.1, 0.15) is 15.9 Å². The molecule has 144 valence electrons. The number of carbonyl (C=O) groups excluding carboxylic acids is 1. The Kier molecular flexibility index (Phi) is 5.21. The SMILES string of the molecule is COc1cc(C(=O)c2cc(-n3cncn3)ccc2[N+](=O)[O-])cc(OC)c1OC. The molecular weight excluding hydrogens is 368 g/mol. The average Bonchev–Trinajstić information content (AvgIpc) is 3.26. The van der Waals surface area contributed by atoms with E-state index in [-0.39, 0.29) is 28.3 Å². The lowest BCUT2D eigenvalue weighted by Crippen LogP contribution is -2.08. The van der Waals surface area contributed by atoms with Crippen LogP contribution >= 0.6 is 0 Å². The highest BCUT2D eigenvalue weighted by Gasteiger charge is 2.25. The minimum absolute atomic E-state index is 0.104. The monoisotopic (exact) mass is 384 g/mol. The highest BCUT2D eigenvalue weighted by Crippen LogP contribution is 2.39. The van der Waals surface area contributed by atoms with Gasteiger partial charge in [-0.05, 0) is 24.3 Å². The number of ketones is 1. The first kappa shape index (κ1) is 18.8. The number of nitro groups is 1. The van der Waals surface area contributed by atoms with Gasteiger partial charge in [-0.25, -0.2) is 9.67 Å². The normalized spacial score (nSPS) is 10.4. The van der Waals surface area contributed by atoms with Gasteiger partial charge in [-0.1, -0.05) is 0 Å². The molecule has 0 atom stereocenters. The Labute approximate surface area is 159 Å². The van der Waals surface area contributed by atoms with Crippen LogP contribution in [-0.2, 0) is 0 Å². The molecule has 28 heavy (non-hydrogen) atoms. The van der Waals surface area contributed by atoms with Crippen LogP contribution in [0.4, 0.5) is 5.69 Å². The van der Waals surface area contributed by atoms with Crippen LogP contribution in [0.3, 0.4) is 0 Å². The zero-order chi connectivity index (χ0) is 20.3. The third-order valence-electron chi connectivity index (χ3n) is 4.03. The van der Waals surface area contributed by atoms with Crippen LogP contribution < -0.4 is 14.2 Å². The van der Waals surface area contributed by atoms with Gasteiger partial charge in [0.1, 0.15) is 18.2 Å². The minimum Gasteiger partial charge on any atom is -0.493 e. The number of methoxy groups -OCH3 is 3. The fourth-order valence-electron chi connectivity index (χ4n) is 2.72. The van der Waals surface area contributed by atoms with Gasteiger partial charge in [0.15, 0.2) is 17.3 Å². The van der Waals surface area contributed by atoms with Crippen molar-refractivity contribution in [2.24, 2.45) is 0 Å². The molecule has 3 rings (SSSR count). The maximum absolute atomic E-state index is 13.1. The minimum atomic E-state index is -0.615. The highest BCUT2D eigenvalue weighted by molar-refractivity contribution is 6.12. The standard InChI is InChI=1S/C18H16N4O6/c1-26-15-6-11(7-16(27-2)18(15)28-3)17(23)13-8-12(21-10-19-9-20-21)4-5-14(13)22(24)25/h4-10H,1-3H3. The quantitative estimate of drug-likeness (QED) is 0.346. The van der Waals surface area contributed by atoms with Gasteiger partial charge in [0, 0.05) is 11.6 Å². The molecule has 3 aromatic rings. The second-order valence-electron chi connectivity index (χ2n) is 5.54. The maximum Gasteiger partial charge on any atom is 0.280 e. The summed E-state index contributed by atoms with van der Waals surface area (Å²) in [4.78, 5) is 27.8. The molecule has 1 heterocycles. The zero-order valence-electron chi connectivity index (χ0n) is 15.3. The van der Waals surface area contributed by atoms with Gasteiger partial charge >= 0.3 is 0 Å². The Balaban J connectivity index is 2.16. The number of nitrogens with zero attached hydrogens (tertiary/aromatic N) is 4. The van der Waals surface area contributed by atoms with E-state index in [2.05, 4.69) is 10.1 Å². The molecule has 0 N–H and O–H groups in total. The zero-order valence-corrected chi connectivity index (χ0v) is 15.3. The molecule has 10 nitrogen and oxygen atoms in total. The Morgan fingerprint density at radius 1 is 1.07 bits per heavy atom. The summed E-state index contributed by atoms with van der Waals surface area (Å²) in [6.45, 7) is 0. The van der Waals surface area contributed by atoms with Crippen molar-refractivity contribution in [3.8, 4) is 22.9 Å². The van der Waals surface area contributed by atoms with E-state index < -0.39 is 10.7 Å². The number of benzene rings is 2. The molecule has 0 saturated carbocycles. The van der Waals surface area contributed by atoms with Crippen molar-refractivity contribution in [3.63, 3.8) is 0 Å². The van der Waals surface area contributed by atoms with E-state index in [1.807, 2.05) is 0 Å². The highest BCUT2D eigenvalue weighted by atomic mass is 16.6. The Bertz CT molecular complexity index is 1010. The van der Waals surface area contributed by atoms with Crippen molar-refractivity contribution in [1.29, 1.82) is 0 Å². The fraction of sp³-hybridized carbons (Fsp3) is 0.167. The first-order valence-corrected chi connectivity index (χ1v) is 7.98. The lowest BCUT2D eigenvalue weighted by Gasteiger charge is -2.14. The average molecular weight is 384 g/mol. The lowest BCUT2D eigenvalue weighted by molar-refractivity contribution is -0.385. The number of carbonyl (C=O) groups is 1. The smallest absolute Gasteiger partial charge is 0.280 e. The summed E-state index contributed by atoms with van der Waals surface area (Å²) in [5, 5.41) is 15.4. The van der Waals surface area contributed by atoms with E-state index >= 15 is 0 Å². The van der Waals surface area contributed by atoms with Crippen LogP contribution in [0.25, 0.3) is 5.69 Å². The summed E-state index contributed by atoms with van der Waals surface area (Å²) in [6, 6.07) is 7.00. The topological polar surface area (TPSA) is 119 Å². The third-order valence-corrected chi connectivity index (χ3v) is 4.03. The molecule has 0 amide bonds. The number of ether oxygens (including phenoxy) is 3. The van der Waals surface area contributed by atoms with Gasteiger partial charge in [-0.3, -0.25) is 14.9 Å².